The number of benzene rings is 1. The number of halogens is 2. The Kier molecular flexibility index (Phi) is 8.60. The number of anilines is 1. The van der Waals surface area contributed by atoms with Gasteiger partial charge in [-0.25, -0.2) is 0 Å². The number of furan rings is 1. The third kappa shape index (κ3) is 6.05. The van der Waals surface area contributed by atoms with Crippen molar-refractivity contribution in [2.24, 2.45) is 0 Å². The normalized spacial score (nSPS) is 10.9. The monoisotopic (exact) mass is 495 g/mol. The fourth-order valence-electron chi connectivity index (χ4n) is 3.00. The highest BCUT2D eigenvalue weighted by Gasteiger charge is 2.20. The number of rotatable bonds is 10. The fraction of sp³-hybridized carbons (Fsp3) is 0.333. The molecule has 0 aliphatic heterocycles. The van der Waals surface area contributed by atoms with Crippen LogP contribution in [0.15, 0.2) is 46.2 Å². The third-order valence-corrected chi connectivity index (χ3v) is 6.00. The van der Waals surface area contributed by atoms with Crippen molar-refractivity contribution in [1.29, 1.82) is 0 Å². The molecule has 1 aromatic carbocycles. The minimum Gasteiger partial charge on any atom is -0.461 e. The van der Waals surface area contributed by atoms with Crippen LogP contribution in [-0.4, -0.2) is 50.3 Å². The zero-order valence-corrected chi connectivity index (χ0v) is 20.0. The molecule has 32 heavy (non-hydrogen) atoms. The second-order valence-electron chi connectivity index (χ2n) is 6.80. The van der Waals surface area contributed by atoms with Crippen molar-refractivity contribution < 1.29 is 14.0 Å². The van der Waals surface area contributed by atoms with Gasteiger partial charge in [-0.15, -0.1) is 10.2 Å². The van der Waals surface area contributed by atoms with Crippen LogP contribution in [0, 0.1) is 0 Å². The first-order valence-electron chi connectivity index (χ1n) is 10.1. The highest BCUT2D eigenvalue weighted by atomic mass is 35.5. The first-order chi connectivity index (χ1) is 15.4. The van der Waals surface area contributed by atoms with E-state index in [0.29, 0.717) is 45.6 Å². The second-order valence-corrected chi connectivity index (χ2v) is 8.59. The lowest BCUT2D eigenvalue weighted by Gasteiger charge is -2.21. The number of carbonyl (C=O) groups is 2. The number of hydrogen-bond acceptors (Lipinski definition) is 6. The Labute approximate surface area is 200 Å². The van der Waals surface area contributed by atoms with Gasteiger partial charge in [0.2, 0.25) is 11.8 Å². The Balaban J connectivity index is 1.63. The van der Waals surface area contributed by atoms with Crippen molar-refractivity contribution >= 4 is 52.5 Å². The summed E-state index contributed by atoms with van der Waals surface area (Å²) in [4.78, 5) is 26.9. The van der Waals surface area contributed by atoms with Gasteiger partial charge in [-0.3, -0.25) is 14.2 Å². The largest absolute Gasteiger partial charge is 0.461 e. The maximum Gasteiger partial charge on any atom is 0.244 e. The molecule has 0 saturated heterocycles. The van der Waals surface area contributed by atoms with Gasteiger partial charge in [0.15, 0.2) is 16.7 Å². The zero-order valence-electron chi connectivity index (χ0n) is 17.7. The Morgan fingerprint density at radius 1 is 1.22 bits per heavy atom. The predicted octanol–water partition coefficient (Wildman–Crippen LogP) is 4.83. The van der Waals surface area contributed by atoms with Crippen LogP contribution >= 0.6 is 35.0 Å². The van der Waals surface area contributed by atoms with E-state index in [1.807, 2.05) is 24.5 Å². The van der Waals surface area contributed by atoms with E-state index in [9.17, 15) is 9.59 Å². The van der Waals surface area contributed by atoms with Crippen LogP contribution in [0.1, 0.15) is 20.3 Å². The number of carbonyl (C=O) groups excluding carboxylic acids is 2. The Morgan fingerprint density at radius 3 is 2.72 bits per heavy atom. The molecular formula is C21H23Cl2N5O3S. The van der Waals surface area contributed by atoms with Gasteiger partial charge in [0.05, 0.1) is 29.3 Å². The van der Waals surface area contributed by atoms with Crippen LogP contribution in [-0.2, 0) is 16.1 Å². The van der Waals surface area contributed by atoms with Crippen LogP contribution in [0.4, 0.5) is 5.69 Å². The summed E-state index contributed by atoms with van der Waals surface area (Å²) >= 11 is 13.3. The molecule has 2 amide bonds. The lowest BCUT2D eigenvalue weighted by atomic mass is 10.3. The molecule has 8 nitrogen and oxygen atoms in total. The molecule has 0 atom stereocenters. The molecule has 0 fully saturated rings. The molecule has 3 rings (SSSR count). The van der Waals surface area contributed by atoms with Crippen LogP contribution in [0.2, 0.25) is 10.0 Å². The van der Waals surface area contributed by atoms with E-state index in [2.05, 4.69) is 15.5 Å². The highest BCUT2D eigenvalue weighted by Crippen LogP contribution is 2.26. The summed E-state index contributed by atoms with van der Waals surface area (Å²) in [5.41, 5.74) is 0.406. The van der Waals surface area contributed by atoms with Crippen molar-refractivity contribution in [3.63, 3.8) is 0 Å². The van der Waals surface area contributed by atoms with E-state index in [0.717, 1.165) is 6.42 Å². The number of hydrogen-bond donors (Lipinski definition) is 1. The third-order valence-electron chi connectivity index (χ3n) is 4.48. The molecule has 0 bridgehead atoms. The van der Waals surface area contributed by atoms with Crippen molar-refractivity contribution in [3.8, 4) is 11.6 Å². The first-order valence-corrected chi connectivity index (χ1v) is 11.8. The van der Waals surface area contributed by atoms with Gasteiger partial charge in [-0.05, 0) is 43.7 Å². The second kappa shape index (κ2) is 11.4. The minimum absolute atomic E-state index is 0.0891. The number of thioether (sulfide) groups is 1. The van der Waals surface area contributed by atoms with Gasteiger partial charge >= 0.3 is 0 Å². The van der Waals surface area contributed by atoms with Crippen molar-refractivity contribution in [1.82, 2.24) is 19.7 Å². The molecule has 0 aliphatic rings. The fourth-order valence-corrected chi connectivity index (χ4v) is 4.25. The van der Waals surface area contributed by atoms with E-state index in [4.69, 9.17) is 27.6 Å². The molecular weight excluding hydrogens is 473 g/mol. The molecule has 2 heterocycles. The van der Waals surface area contributed by atoms with E-state index < -0.39 is 0 Å². The zero-order chi connectivity index (χ0) is 23.1. The molecule has 0 aliphatic carbocycles. The predicted molar refractivity (Wildman–Crippen MR) is 126 cm³/mol. The standard InChI is InChI=1S/C21H23Cl2N5O3S/c1-3-9-27(12-18(29)24-16-11-14(22)7-8-15(16)23)19(30)13-32-21-26-25-20(28(21)4-2)17-6-5-10-31-17/h5-8,10-11H,3-4,9,12-13H2,1-2H3,(H,24,29). The number of nitrogens with one attached hydrogen (secondary N) is 1. The average Bonchev–Trinajstić information content (AvgIpc) is 3.43. The molecule has 3 aromatic rings. The van der Waals surface area contributed by atoms with E-state index in [1.165, 1.54) is 16.7 Å². The van der Waals surface area contributed by atoms with Crippen molar-refractivity contribution in [3.05, 3.63) is 46.6 Å². The smallest absolute Gasteiger partial charge is 0.244 e. The minimum atomic E-state index is -0.349. The summed E-state index contributed by atoms with van der Waals surface area (Å²) in [6.07, 6.45) is 2.29. The SMILES string of the molecule is CCCN(CC(=O)Nc1cc(Cl)ccc1Cl)C(=O)CSc1nnc(-c2ccco2)n1CC. The summed E-state index contributed by atoms with van der Waals surface area (Å²) in [5.74, 6) is 0.825. The van der Waals surface area contributed by atoms with Gasteiger partial charge in [0.1, 0.15) is 0 Å². The molecule has 11 heteroatoms. The van der Waals surface area contributed by atoms with Crippen LogP contribution < -0.4 is 5.32 Å². The Bertz CT molecular complexity index is 1070. The number of amides is 2. The lowest BCUT2D eigenvalue weighted by Crippen LogP contribution is -2.39. The highest BCUT2D eigenvalue weighted by molar-refractivity contribution is 7.99. The van der Waals surface area contributed by atoms with Gasteiger partial charge in [0.25, 0.3) is 0 Å². The van der Waals surface area contributed by atoms with Gasteiger partial charge in [0, 0.05) is 18.1 Å². The molecule has 1 N–H and O–H groups in total. The quantitative estimate of drug-likeness (QED) is 0.404. The average molecular weight is 496 g/mol. The van der Waals surface area contributed by atoms with E-state index in [1.54, 1.807) is 30.5 Å². The topological polar surface area (TPSA) is 93.3 Å². The van der Waals surface area contributed by atoms with E-state index in [-0.39, 0.29) is 24.1 Å². The van der Waals surface area contributed by atoms with Crippen molar-refractivity contribution in [2.45, 2.75) is 32.0 Å². The maximum absolute atomic E-state index is 12.9. The molecule has 0 saturated carbocycles. The number of nitrogens with zero attached hydrogens (tertiary/aromatic N) is 4. The van der Waals surface area contributed by atoms with Gasteiger partial charge in [-0.1, -0.05) is 41.9 Å². The van der Waals surface area contributed by atoms with Crippen LogP contribution in [0.5, 0.6) is 0 Å². The lowest BCUT2D eigenvalue weighted by molar-refractivity contribution is -0.132. The number of aromatic nitrogens is 3. The molecule has 0 spiro atoms. The Hall–Kier alpha value is -2.49. The molecule has 2 aromatic heterocycles. The van der Waals surface area contributed by atoms with Gasteiger partial charge in [-0.2, -0.15) is 0 Å². The Morgan fingerprint density at radius 2 is 2.03 bits per heavy atom. The summed E-state index contributed by atoms with van der Waals surface area (Å²) < 4.78 is 7.29. The van der Waals surface area contributed by atoms with E-state index >= 15 is 0 Å². The summed E-state index contributed by atoms with van der Waals surface area (Å²) in [6, 6.07) is 8.40. The molecule has 0 radical (unpaired) electrons. The summed E-state index contributed by atoms with van der Waals surface area (Å²) in [7, 11) is 0. The summed E-state index contributed by atoms with van der Waals surface area (Å²) in [5, 5.41) is 12.5. The molecule has 170 valence electrons. The molecule has 0 unspecified atom stereocenters. The summed E-state index contributed by atoms with van der Waals surface area (Å²) in [6.45, 7) is 4.91. The van der Waals surface area contributed by atoms with Crippen LogP contribution in [0.3, 0.4) is 0 Å². The van der Waals surface area contributed by atoms with Crippen molar-refractivity contribution in [2.75, 3.05) is 24.2 Å². The first kappa shape index (κ1) is 24.2. The van der Waals surface area contributed by atoms with Crippen LogP contribution in [0.25, 0.3) is 11.6 Å². The van der Waals surface area contributed by atoms with Gasteiger partial charge < -0.3 is 14.6 Å². The maximum atomic E-state index is 12.9.